The maximum Gasteiger partial charge on any atom is 0.227 e. The summed E-state index contributed by atoms with van der Waals surface area (Å²) < 4.78 is 5.21. The lowest BCUT2D eigenvalue weighted by Gasteiger charge is -2.24. The summed E-state index contributed by atoms with van der Waals surface area (Å²) in [5.74, 6) is 1.24. The maximum atomic E-state index is 12.3. The van der Waals surface area contributed by atoms with Gasteiger partial charge in [0.25, 0.3) is 0 Å². The van der Waals surface area contributed by atoms with Crippen LogP contribution in [0.25, 0.3) is 0 Å². The molecule has 19 heavy (non-hydrogen) atoms. The molecule has 0 saturated carbocycles. The molecule has 106 valence electrons. The Morgan fingerprint density at radius 3 is 2.74 bits per heavy atom. The van der Waals surface area contributed by atoms with Crippen LogP contribution in [0, 0.1) is 5.92 Å². The molecule has 0 fully saturated rings. The maximum absolute atomic E-state index is 12.3. The SMILES string of the molecule is COc1cccc(N(CCCN)C(=O)CC(C)C)c1. The molecule has 1 amide bonds. The molecular weight excluding hydrogens is 240 g/mol. The first-order valence-corrected chi connectivity index (χ1v) is 6.73. The van der Waals surface area contributed by atoms with E-state index < -0.39 is 0 Å². The summed E-state index contributed by atoms with van der Waals surface area (Å²) in [6, 6.07) is 7.58. The van der Waals surface area contributed by atoms with Gasteiger partial charge in [0.15, 0.2) is 0 Å². The van der Waals surface area contributed by atoms with Crippen LogP contribution in [0.4, 0.5) is 5.69 Å². The number of nitrogens with two attached hydrogens (primary N) is 1. The van der Waals surface area contributed by atoms with Crippen molar-refractivity contribution in [2.75, 3.05) is 25.1 Å². The molecule has 0 aromatic heterocycles. The van der Waals surface area contributed by atoms with Crippen LogP contribution in [-0.4, -0.2) is 26.1 Å². The predicted octanol–water partition coefficient (Wildman–Crippen LogP) is 2.42. The average Bonchev–Trinajstić information content (AvgIpc) is 2.38. The van der Waals surface area contributed by atoms with Gasteiger partial charge in [0, 0.05) is 24.7 Å². The minimum atomic E-state index is 0.136. The fraction of sp³-hybridized carbons (Fsp3) is 0.533. The van der Waals surface area contributed by atoms with Crippen LogP contribution in [-0.2, 0) is 4.79 Å². The third-order valence-electron chi connectivity index (χ3n) is 2.83. The monoisotopic (exact) mass is 264 g/mol. The number of hydrogen-bond acceptors (Lipinski definition) is 3. The van der Waals surface area contributed by atoms with Crippen molar-refractivity contribution in [2.45, 2.75) is 26.7 Å². The number of rotatable bonds is 7. The van der Waals surface area contributed by atoms with Gasteiger partial charge in [-0.3, -0.25) is 4.79 Å². The summed E-state index contributed by atoms with van der Waals surface area (Å²) in [4.78, 5) is 14.1. The van der Waals surface area contributed by atoms with E-state index in [9.17, 15) is 4.79 Å². The van der Waals surface area contributed by atoms with Crippen molar-refractivity contribution in [3.05, 3.63) is 24.3 Å². The normalized spacial score (nSPS) is 10.6. The number of nitrogens with zero attached hydrogens (tertiary/aromatic N) is 1. The van der Waals surface area contributed by atoms with E-state index in [0.29, 0.717) is 25.4 Å². The second kappa shape index (κ2) is 7.79. The number of amides is 1. The van der Waals surface area contributed by atoms with Crippen LogP contribution in [0.15, 0.2) is 24.3 Å². The fourth-order valence-electron chi connectivity index (χ4n) is 1.89. The third kappa shape index (κ3) is 4.91. The van der Waals surface area contributed by atoms with Crippen LogP contribution in [0.5, 0.6) is 5.75 Å². The Kier molecular flexibility index (Phi) is 6.36. The van der Waals surface area contributed by atoms with Crippen LogP contribution >= 0.6 is 0 Å². The Balaban J connectivity index is 2.91. The first-order valence-electron chi connectivity index (χ1n) is 6.73. The van der Waals surface area contributed by atoms with Crippen molar-refractivity contribution < 1.29 is 9.53 Å². The lowest BCUT2D eigenvalue weighted by atomic mass is 10.1. The van der Waals surface area contributed by atoms with Gasteiger partial charge in [0.05, 0.1) is 7.11 Å². The summed E-state index contributed by atoms with van der Waals surface area (Å²) in [6.45, 7) is 5.32. The van der Waals surface area contributed by atoms with Gasteiger partial charge in [0.1, 0.15) is 5.75 Å². The number of anilines is 1. The Hall–Kier alpha value is -1.55. The van der Waals surface area contributed by atoms with Crippen LogP contribution < -0.4 is 15.4 Å². The largest absolute Gasteiger partial charge is 0.497 e. The van der Waals surface area contributed by atoms with Crippen molar-refractivity contribution in [2.24, 2.45) is 11.7 Å². The van der Waals surface area contributed by atoms with Gasteiger partial charge in [-0.2, -0.15) is 0 Å². The zero-order valence-corrected chi connectivity index (χ0v) is 12.1. The van der Waals surface area contributed by atoms with Crippen molar-refractivity contribution >= 4 is 11.6 Å². The highest BCUT2D eigenvalue weighted by Gasteiger charge is 2.16. The van der Waals surface area contributed by atoms with Gasteiger partial charge in [-0.05, 0) is 31.0 Å². The molecule has 0 spiro atoms. The van der Waals surface area contributed by atoms with E-state index in [1.165, 1.54) is 0 Å². The zero-order valence-electron chi connectivity index (χ0n) is 12.1. The molecule has 0 aliphatic heterocycles. The van der Waals surface area contributed by atoms with Gasteiger partial charge in [-0.1, -0.05) is 19.9 Å². The molecule has 1 aromatic rings. The molecule has 1 rings (SSSR count). The van der Waals surface area contributed by atoms with Crippen molar-refractivity contribution in [1.82, 2.24) is 0 Å². The van der Waals surface area contributed by atoms with E-state index >= 15 is 0 Å². The van der Waals surface area contributed by atoms with Gasteiger partial charge >= 0.3 is 0 Å². The second-order valence-electron chi connectivity index (χ2n) is 4.99. The van der Waals surface area contributed by atoms with Crippen molar-refractivity contribution in [3.63, 3.8) is 0 Å². The average molecular weight is 264 g/mol. The number of carbonyl (C=O) groups excluding carboxylic acids is 1. The molecule has 0 unspecified atom stereocenters. The zero-order chi connectivity index (χ0) is 14.3. The molecule has 4 heteroatoms. The van der Waals surface area contributed by atoms with Gasteiger partial charge in [0.2, 0.25) is 5.91 Å². The van der Waals surface area contributed by atoms with E-state index in [-0.39, 0.29) is 5.91 Å². The third-order valence-corrected chi connectivity index (χ3v) is 2.83. The number of ether oxygens (including phenoxy) is 1. The number of benzene rings is 1. The number of hydrogen-bond donors (Lipinski definition) is 1. The minimum absolute atomic E-state index is 0.136. The van der Waals surface area contributed by atoms with Gasteiger partial charge < -0.3 is 15.4 Å². The van der Waals surface area contributed by atoms with E-state index in [1.54, 1.807) is 12.0 Å². The Morgan fingerprint density at radius 2 is 2.16 bits per heavy atom. The Labute approximate surface area is 115 Å². The van der Waals surface area contributed by atoms with E-state index in [1.807, 2.05) is 38.1 Å². The molecule has 0 bridgehead atoms. The standard InChI is InChI=1S/C15H24N2O2/c1-12(2)10-15(18)17(9-5-8-16)13-6-4-7-14(11-13)19-3/h4,6-7,11-12H,5,8-10,16H2,1-3H3. The molecule has 0 saturated heterocycles. The van der Waals surface area contributed by atoms with Crippen LogP contribution in [0.3, 0.4) is 0 Å². The number of carbonyl (C=O) groups is 1. The highest BCUT2D eigenvalue weighted by molar-refractivity contribution is 5.93. The fourth-order valence-corrected chi connectivity index (χ4v) is 1.89. The molecule has 0 radical (unpaired) electrons. The second-order valence-corrected chi connectivity index (χ2v) is 4.99. The molecule has 1 aromatic carbocycles. The van der Waals surface area contributed by atoms with Crippen LogP contribution in [0.2, 0.25) is 0 Å². The van der Waals surface area contributed by atoms with Gasteiger partial charge in [-0.25, -0.2) is 0 Å². The predicted molar refractivity (Wildman–Crippen MR) is 78.5 cm³/mol. The molecular formula is C15H24N2O2. The quantitative estimate of drug-likeness (QED) is 0.823. The molecule has 0 aliphatic carbocycles. The molecule has 0 aliphatic rings. The van der Waals surface area contributed by atoms with Crippen molar-refractivity contribution in [3.8, 4) is 5.75 Å². The first-order chi connectivity index (χ1) is 9.08. The highest BCUT2D eigenvalue weighted by Crippen LogP contribution is 2.22. The van der Waals surface area contributed by atoms with Crippen LogP contribution in [0.1, 0.15) is 26.7 Å². The summed E-state index contributed by atoms with van der Waals surface area (Å²) in [5.41, 5.74) is 6.42. The summed E-state index contributed by atoms with van der Waals surface area (Å²) in [7, 11) is 1.62. The van der Waals surface area contributed by atoms with Crippen molar-refractivity contribution in [1.29, 1.82) is 0 Å². The Morgan fingerprint density at radius 1 is 1.42 bits per heavy atom. The molecule has 2 N–H and O–H groups in total. The summed E-state index contributed by atoms with van der Waals surface area (Å²) in [6.07, 6.45) is 1.34. The molecule has 0 atom stereocenters. The topological polar surface area (TPSA) is 55.6 Å². The lowest BCUT2D eigenvalue weighted by molar-refractivity contribution is -0.119. The summed E-state index contributed by atoms with van der Waals surface area (Å²) >= 11 is 0. The minimum Gasteiger partial charge on any atom is -0.497 e. The van der Waals surface area contributed by atoms with E-state index in [2.05, 4.69) is 0 Å². The van der Waals surface area contributed by atoms with Gasteiger partial charge in [-0.15, -0.1) is 0 Å². The lowest BCUT2D eigenvalue weighted by Crippen LogP contribution is -2.33. The molecule has 0 heterocycles. The first kappa shape index (κ1) is 15.5. The molecule has 4 nitrogen and oxygen atoms in total. The number of methoxy groups -OCH3 is 1. The highest BCUT2D eigenvalue weighted by atomic mass is 16.5. The Bertz CT molecular complexity index is 405. The van der Waals surface area contributed by atoms with E-state index in [4.69, 9.17) is 10.5 Å². The van der Waals surface area contributed by atoms with E-state index in [0.717, 1.165) is 17.9 Å². The smallest absolute Gasteiger partial charge is 0.227 e. The summed E-state index contributed by atoms with van der Waals surface area (Å²) in [5, 5.41) is 0.